The molecule has 0 saturated heterocycles. The van der Waals surface area contributed by atoms with Crippen molar-refractivity contribution in [1.82, 2.24) is 0 Å². The maximum atomic E-state index is 12.7. The third-order valence-corrected chi connectivity index (χ3v) is 4.14. The monoisotopic (exact) mass is 420 g/mol. The molecule has 0 radical (unpaired) electrons. The number of Topliss-reactive ketones (excluding diaryl/α,β-unsaturated/α-hetero) is 1. The Morgan fingerprint density at radius 1 is 1.05 bits per heavy atom. The van der Waals surface area contributed by atoms with Crippen LogP contribution in [-0.4, -0.2) is 5.78 Å². The number of rotatable bonds is 3. The molecule has 2 aromatic carbocycles. The van der Waals surface area contributed by atoms with E-state index >= 15 is 0 Å². The van der Waals surface area contributed by atoms with E-state index in [1.807, 2.05) is 0 Å². The molecule has 0 atom stereocenters. The van der Waals surface area contributed by atoms with Gasteiger partial charge in [0, 0.05) is 20.9 Å². The Morgan fingerprint density at radius 3 is 2.38 bits per heavy atom. The van der Waals surface area contributed by atoms with Gasteiger partial charge in [-0.3, -0.25) is 4.79 Å². The summed E-state index contributed by atoms with van der Waals surface area (Å²) in [5.74, 6) is -0.240. The van der Waals surface area contributed by atoms with Gasteiger partial charge in [-0.05, 0) is 35.9 Å². The standard InChI is InChI=1S/C15H9Br2F3O/c16-12-3-1-2-9(7-12)14(21)8-10-6-11(15(18,19)20)4-5-13(10)17/h1-7H,8H2. The third-order valence-electron chi connectivity index (χ3n) is 2.87. The SMILES string of the molecule is O=C(Cc1cc(C(F)(F)F)ccc1Br)c1cccc(Br)c1. The summed E-state index contributed by atoms with van der Waals surface area (Å²) in [7, 11) is 0. The molecule has 0 fully saturated rings. The average molecular weight is 422 g/mol. The quantitative estimate of drug-likeness (QED) is 0.584. The normalized spacial score (nSPS) is 11.5. The van der Waals surface area contributed by atoms with Gasteiger partial charge in [-0.2, -0.15) is 13.2 Å². The molecule has 0 aliphatic heterocycles. The molecule has 1 nitrogen and oxygen atoms in total. The van der Waals surface area contributed by atoms with E-state index in [2.05, 4.69) is 31.9 Å². The number of benzene rings is 2. The molecule has 0 bridgehead atoms. The summed E-state index contributed by atoms with van der Waals surface area (Å²) >= 11 is 6.44. The molecule has 0 amide bonds. The largest absolute Gasteiger partial charge is 0.416 e. The lowest BCUT2D eigenvalue weighted by atomic mass is 10.0. The van der Waals surface area contributed by atoms with Crippen molar-refractivity contribution in [3.8, 4) is 0 Å². The van der Waals surface area contributed by atoms with Crippen molar-refractivity contribution in [3.05, 3.63) is 68.1 Å². The highest BCUT2D eigenvalue weighted by Gasteiger charge is 2.31. The van der Waals surface area contributed by atoms with Gasteiger partial charge < -0.3 is 0 Å². The van der Waals surface area contributed by atoms with Crippen molar-refractivity contribution in [2.24, 2.45) is 0 Å². The van der Waals surface area contributed by atoms with Crippen LogP contribution in [0.15, 0.2) is 51.4 Å². The molecule has 2 rings (SSSR count). The number of hydrogen-bond donors (Lipinski definition) is 0. The fraction of sp³-hybridized carbons (Fsp3) is 0.133. The first-order valence-electron chi connectivity index (χ1n) is 5.92. The van der Waals surface area contributed by atoms with Crippen molar-refractivity contribution >= 4 is 37.6 Å². The molecule has 2 aromatic rings. The number of alkyl halides is 3. The predicted molar refractivity (Wildman–Crippen MR) is 81.3 cm³/mol. The summed E-state index contributed by atoms with van der Waals surface area (Å²) in [5, 5.41) is 0. The molecule has 6 heteroatoms. The van der Waals surface area contributed by atoms with Gasteiger partial charge in [-0.25, -0.2) is 0 Å². The van der Waals surface area contributed by atoms with Gasteiger partial charge in [0.1, 0.15) is 0 Å². The van der Waals surface area contributed by atoms with Crippen LogP contribution in [0.1, 0.15) is 21.5 Å². The molecule has 110 valence electrons. The average Bonchev–Trinajstić information content (AvgIpc) is 2.40. The second-order valence-corrected chi connectivity index (χ2v) is 6.18. The maximum absolute atomic E-state index is 12.7. The number of carbonyl (C=O) groups is 1. The van der Waals surface area contributed by atoms with Crippen LogP contribution in [0.4, 0.5) is 13.2 Å². The molecule has 0 saturated carbocycles. The zero-order valence-electron chi connectivity index (χ0n) is 10.5. The van der Waals surface area contributed by atoms with E-state index in [1.165, 1.54) is 6.07 Å². The number of halogens is 5. The van der Waals surface area contributed by atoms with Crippen LogP contribution in [-0.2, 0) is 12.6 Å². The molecular formula is C15H9Br2F3O. The first kappa shape index (κ1) is 16.2. The van der Waals surface area contributed by atoms with E-state index in [9.17, 15) is 18.0 Å². The predicted octanol–water partition coefficient (Wildman–Crippen LogP) is 5.66. The van der Waals surface area contributed by atoms with Gasteiger partial charge in [0.15, 0.2) is 5.78 Å². The smallest absolute Gasteiger partial charge is 0.294 e. The lowest BCUT2D eigenvalue weighted by Crippen LogP contribution is -2.08. The lowest BCUT2D eigenvalue weighted by Gasteiger charge is -2.10. The third kappa shape index (κ3) is 4.17. The Balaban J connectivity index is 2.29. The highest BCUT2D eigenvalue weighted by atomic mass is 79.9. The minimum Gasteiger partial charge on any atom is -0.294 e. The molecule has 0 aliphatic carbocycles. The minimum atomic E-state index is -4.42. The summed E-state index contributed by atoms with van der Waals surface area (Å²) < 4.78 is 39.4. The van der Waals surface area contributed by atoms with Crippen molar-refractivity contribution in [3.63, 3.8) is 0 Å². The molecule has 0 heterocycles. The van der Waals surface area contributed by atoms with E-state index < -0.39 is 11.7 Å². The van der Waals surface area contributed by atoms with Gasteiger partial charge in [-0.1, -0.05) is 44.0 Å². The van der Waals surface area contributed by atoms with Gasteiger partial charge in [0.2, 0.25) is 0 Å². The molecule has 0 aliphatic rings. The second-order valence-electron chi connectivity index (χ2n) is 4.41. The van der Waals surface area contributed by atoms with Crippen LogP contribution in [0.25, 0.3) is 0 Å². The first-order chi connectivity index (χ1) is 9.77. The lowest BCUT2D eigenvalue weighted by molar-refractivity contribution is -0.137. The fourth-order valence-electron chi connectivity index (χ4n) is 1.82. The van der Waals surface area contributed by atoms with Crippen LogP contribution in [0.3, 0.4) is 0 Å². The molecule has 0 aromatic heterocycles. The fourth-order valence-corrected chi connectivity index (χ4v) is 2.61. The van der Waals surface area contributed by atoms with E-state index in [-0.39, 0.29) is 12.2 Å². The van der Waals surface area contributed by atoms with Gasteiger partial charge >= 0.3 is 6.18 Å². The highest BCUT2D eigenvalue weighted by molar-refractivity contribution is 9.10. The molecule has 0 unspecified atom stereocenters. The van der Waals surface area contributed by atoms with Crippen molar-refractivity contribution in [2.75, 3.05) is 0 Å². The van der Waals surface area contributed by atoms with Crippen LogP contribution >= 0.6 is 31.9 Å². The topological polar surface area (TPSA) is 17.1 Å². The van der Waals surface area contributed by atoms with Crippen LogP contribution in [0.2, 0.25) is 0 Å². The molecule has 0 N–H and O–H groups in total. The Morgan fingerprint density at radius 2 is 1.76 bits per heavy atom. The Hall–Kier alpha value is -1.14. The Bertz CT molecular complexity index is 681. The first-order valence-corrected chi connectivity index (χ1v) is 7.50. The van der Waals surface area contributed by atoms with Crippen LogP contribution in [0, 0.1) is 0 Å². The summed E-state index contributed by atoms with van der Waals surface area (Å²) in [4.78, 5) is 12.2. The van der Waals surface area contributed by atoms with Crippen molar-refractivity contribution < 1.29 is 18.0 Å². The summed E-state index contributed by atoms with van der Waals surface area (Å²) in [5.41, 5.74) is 0.00577. The number of ketones is 1. The van der Waals surface area contributed by atoms with Gasteiger partial charge in [0.25, 0.3) is 0 Å². The Kier molecular flexibility index (Phi) is 4.88. The van der Waals surface area contributed by atoms with Crippen LogP contribution < -0.4 is 0 Å². The summed E-state index contributed by atoms with van der Waals surface area (Å²) in [6.45, 7) is 0. The van der Waals surface area contributed by atoms with Gasteiger partial charge in [0.05, 0.1) is 5.56 Å². The molecule has 21 heavy (non-hydrogen) atoms. The van der Waals surface area contributed by atoms with Crippen LogP contribution in [0.5, 0.6) is 0 Å². The maximum Gasteiger partial charge on any atom is 0.416 e. The second kappa shape index (κ2) is 6.32. The Labute approximate surface area is 136 Å². The van der Waals surface area contributed by atoms with Crippen molar-refractivity contribution in [2.45, 2.75) is 12.6 Å². The highest BCUT2D eigenvalue weighted by Crippen LogP contribution is 2.32. The number of hydrogen-bond acceptors (Lipinski definition) is 1. The summed E-state index contributed by atoms with van der Waals surface area (Å²) in [6, 6.07) is 10.1. The van der Waals surface area contributed by atoms with E-state index in [1.54, 1.807) is 24.3 Å². The molecule has 0 spiro atoms. The summed E-state index contributed by atoms with van der Waals surface area (Å²) in [6.07, 6.45) is -4.52. The minimum absolute atomic E-state index is 0.0963. The van der Waals surface area contributed by atoms with Crippen molar-refractivity contribution in [1.29, 1.82) is 0 Å². The van der Waals surface area contributed by atoms with E-state index in [4.69, 9.17) is 0 Å². The molecular weight excluding hydrogens is 413 g/mol. The van der Waals surface area contributed by atoms with Gasteiger partial charge in [-0.15, -0.1) is 0 Å². The van der Waals surface area contributed by atoms with E-state index in [0.717, 1.165) is 16.6 Å². The zero-order chi connectivity index (χ0) is 15.6. The number of carbonyl (C=O) groups excluding carboxylic acids is 1. The zero-order valence-corrected chi connectivity index (χ0v) is 13.7. The van der Waals surface area contributed by atoms with E-state index in [0.29, 0.717) is 15.6 Å².